The van der Waals surface area contributed by atoms with E-state index in [0.29, 0.717) is 30.9 Å². The van der Waals surface area contributed by atoms with Crippen molar-refractivity contribution in [2.75, 3.05) is 13.1 Å². The third-order valence-electron chi connectivity index (χ3n) is 5.18. The van der Waals surface area contributed by atoms with Gasteiger partial charge in [0.05, 0.1) is 18.3 Å². The van der Waals surface area contributed by atoms with Gasteiger partial charge in [-0.1, -0.05) is 0 Å². The number of carbonyl (C=O) groups excluding carboxylic acids is 2. The van der Waals surface area contributed by atoms with E-state index < -0.39 is 0 Å². The van der Waals surface area contributed by atoms with Crippen LogP contribution in [0.4, 0.5) is 0 Å². The zero-order chi connectivity index (χ0) is 19.2. The summed E-state index contributed by atoms with van der Waals surface area (Å²) in [6.07, 6.45) is 4.71. The summed E-state index contributed by atoms with van der Waals surface area (Å²) >= 11 is 0. The quantitative estimate of drug-likeness (QED) is 0.767. The van der Waals surface area contributed by atoms with Crippen LogP contribution in [0.25, 0.3) is 0 Å². The Labute approximate surface area is 158 Å². The van der Waals surface area contributed by atoms with Crippen LogP contribution >= 0.6 is 0 Å². The Balaban J connectivity index is 1.38. The van der Waals surface area contributed by atoms with Gasteiger partial charge in [0, 0.05) is 32.0 Å². The summed E-state index contributed by atoms with van der Waals surface area (Å²) in [7, 11) is 0. The number of aromatic amines is 1. The summed E-state index contributed by atoms with van der Waals surface area (Å²) in [5, 5.41) is 13.3. The molecule has 2 aromatic heterocycles. The highest BCUT2D eigenvalue weighted by Gasteiger charge is 2.27. The fraction of sp³-hybridized carbons (Fsp3) is 0.579. The van der Waals surface area contributed by atoms with Crippen LogP contribution in [0, 0.1) is 12.8 Å². The molecule has 0 unspecified atom stereocenters. The predicted molar refractivity (Wildman–Crippen MR) is 98.8 cm³/mol. The van der Waals surface area contributed by atoms with E-state index in [1.165, 1.54) is 0 Å². The van der Waals surface area contributed by atoms with Crippen molar-refractivity contribution in [2.45, 2.75) is 52.0 Å². The first-order valence-electron chi connectivity index (χ1n) is 9.48. The second-order valence-corrected chi connectivity index (χ2v) is 7.22. The summed E-state index contributed by atoms with van der Waals surface area (Å²) in [6, 6.07) is 3.83. The van der Waals surface area contributed by atoms with Crippen LogP contribution in [-0.4, -0.2) is 51.3 Å². The fourth-order valence-corrected chi connectivity index (χ4v) is 3.52. The van der Waals surface area contributed by atoms with Crippen LogP contribution < -0.4 is 5.32 Å². The first-order chi connectivity index (χ1) is 13.0. The number of hydrogen-bond donors (Lipinski definition) is 2. The smallest absolute Gasteiger partial charge is 0.230 e. The highest BCUT2D eigenvalue weighted by Crippen LogP contribution is 2.21. The van der Waals surface area contributed by atoms with E-state index in [1.54, 1.807) is 6.20 Å². The minimum atomic E-state index is 0.0252. The molecule has 2 amide bonds. The van der Waals surface area contributed by atoms with Crippen LogP contribution in [0.2, 0.25) is 0 Å². The molecule has 0 radical (unpaired) electrons. The largest absolute Gasteiger partial charge is 0.466 e. The summed E-state index contributed by atoms with van der Waals surface area (Å²) in [5.41, 5.74) is 0.788. The molecule has 8 nitrogen and oxygen atoms in total. The summed E-state index contributed by atoms with van der Waals surface area (Å²) < 4.78 is 5.49. The molecular formula is C19H27N5O3. The van der Waals surface area contributed by atoms with Crippen molar-refractivity contribution < 1.29 is 14.0 Å². The van der Waals surface area contributed by atoms with Gasteiger partial charge < -0.3 is 14.6 Å². The SMILES string of the molecule is Cc1ccc(CC(=O)N2CCC([C@@H](C)NC(=O)CCc3cn[nH]n3)CC2)o1. The molecule has 0 aliphatic carbocycles. The maximum absolute atomic E-state index is 12.4. The zero-order valence-corrected chi connectivity index (χ0v) is 15.9. The van der Waals surface area contributed by atoms with Gasteiger partial charge in [-0.25, -0.2) is 0 Å². The number of H-pyrrole nitrogens is 1. The maximum atomic E-state index is 12.4. The number of aryl methyl sites for hydroxylation is 2. The summed E-state index contributed by atoms with van der Waals surface area (Å²) in [4.78, 5) is 26.4. The molecule has 0 spiro atoms. The molecule has 2 aromatic rings. The molecule has 0 saturated carbocycles. The van der Waals surface area contributed by atoms with Crippen LogP contribution in [0.15, 0.2) is 22.7 Å². The molecule has 2 N–H and O–H groups in total. The Morgan fingerprint density at radius 1 is 1.37 bits per heavy atom. The minimum absolute atomic E-state index is 0.0252. The number of rotatable bonds is 7. The predicted octanol–water partition coefficient (Wildman–Crippen LogP) is 1.62. The number of nitrogens with zero attached hydrogens (tertiary/aromatic N) is 3. The Kier molecular flexibility index (Phi) is 6.26. The van der Waals surface area contributed by atoms with Gasteiger partial charge in [-0.2, -0.15) is 15.4 Å². The van der Waals surface area contributed by atoms with Gasteiger partial charge in [-0.05, 0) is 44.7 Å². The standard InChI is InChI=1S/C19H27N5O3/c1-13-3-5-17(27-13)11-19(26)24-9-7-15(8-10-24)14(2)21-18(25)6-4-16-12-20-23-22-16/h3,5,12,14-15H,4,6-11H2,1-2H3,(H,21,25)(H,20,22,23)/t14-/m1/s1. The molecule has 3 rings (SSSR count). The van der Waals surface area contributed by atoms with Crippen molar-refractivity contribution in [3.05, 3.63) is 35.5 Å². The monoisotopic (exact) mass is 373 g/mol. The van der Waals surface area contributed by atoms with Gasteiger partial charge in [0.15, 0.2) is 0 Å². The topological polar surface area (TPSA) is 104 Å². The van der Waals surface area contributed by atoms with Gasteiger partial charge in [0.2, 0.25) is 11.8 Å². The molecule has 1 atom stereocenters. The van der Waals surface area contributed by atoms with Crippen molar-refractivity contribution in [3.8, 4) is 0 Å². The summed E-state index contributed by atoms with van der Waals surface area (Å²) in [5.74, 6) is 2.05. The Morgan fingerprint density at radius 3 is 2.78 bits per heavy atom. The third-order valence-corrected chi connectivity index (χ3v) is 5.18. The molecule has 146 valence electrons. The molecule has 0 aromatic carbocycles. The van der Waals surface area contributed by atoms with Crippen molar-refractivity contribution in [1.29, 1.82) is 0 Å². The fourth-order valence-electron chi connectivity index (χ4n) is 3.52. The molecule has 1 aliphatic heterocycles. The van der Waals surface area contributed by atoms with Crippen LogP contribution in [0.5, 0.6) is 0 Å². The van der Waals surface area contributed by atoms with E-state index >= 15 is 0 Å². The highest BCUT2D eigenvalue weighted by atomic mass is 16.3. The van der Waals surface area contributed by atoms with Gasteiger partial charge >= 0.3 is 0 Å². The summed E-state index contributed by atoms with van der Waals surface area (Å²) in [6.45, 7) is 5.37. The number of nitrogens with one attached hydrogen (secondary N) is 2. The molecule has 27 heavy (non-hydrogen) atoms. The normalized spacial score (nSPS) is 16.3. The number of amides is 2. The number of likely N-dealkylation sites (tertiary alicyclic amines) is 1. The van der Waals surface area contributed by atoms with Crippen molar-refractivity contribution in [2.24, 2.45) is 5.92 Å². The van der Waals surface area contributed by atoms with Gasteiger partial charge in [-0.3, -0.25) is 9.59 Å². The number of hydrogen-bond acceptors (Lipinski definition) is 5. The third kappa shape index (κ3) is 5.42. The average molecular weight is 373 g/mol. The maximum Gasteiger partial charge on any atom is 0.230 e. The minimum Gasteiger partial charge on any atom is -0.466 e. The van der Waals surface area contributed by atoms with Crippen molar-refractivity contribution in [3.63, 3.8) is 0 Å². The Hall–Kier alpha value is -2.64. The van der Waals surface area contributed by atoms with Gasteiger partial charge in [-0.15, -0.1) is 0 Å². The van der Waals surface area contributed by atoms with Crippen LogP contribution in [0.3, 0.4) is 0 Å². The van der Waals surface area contributed by atoms with E-state index in [2.05, 4.69) is 20.7 Å². The van der Waals surface area contributed by atoms with Crippen molar-refractivity contribution >= 4 is 11.8 Å². The highest BCUT2D eigenvalue weighted by molar-refractivity contribution is 5.78. The number of aromatic nitrogens is 3. The molecule has 3 heterocycles. The van der Waals surface area contributed by atoms with E-state index in [1.807, 2.05) is 30.9 Å². The lowest BCUT2D eigenvalue weighted by atomic mass is 9.90. The second kappa shape index (κ2) is 8.83. The Morgan fingerprint density at radius 2 is 2.15 bits per heavy atom. The molecular weight excluding hydrogens is 346 g/mol. The Bertz CT molecular complexity index is 747. The van der Waals surface area contributed by atoms with E-state index in [0.717, 1.165) is 37.4 Å². The molecule has 0 bridgehead atoms. The van der Waals surface area contributed by atoms with Gasteiger partial charge in [0.1, 0.15) is 11.5 Å². The average Bonchev–Trinajstić information content (AvgIpc) is 3.32. The second-order valence-electron chi connectivity index (χ2n) is 7.22. The number of furan rings is 1. The molecule has 1 fully saturated rings. The molecule has 1 aliphatic rings. The lowest BCUT2D eigenvalue weighted by Crippen LogP contribution is -2.45. The molecule has 8 heteroatoms. The van der Waals surface area contributed by atoms with Gasteiger partial charge in [0.25, 0.3) is 0 Å². The zero-order valence-electron chi connectivity index (χ0n) is 15.9. The first-order valence-corrected chi connectivity index (χ1v) is 9.48. The van der Waals surface area contributed by atoms with Crippen LogP contribution in [-0.2, 0) is 22.4 Å². The number of piperidine rings is 1. The molecule has 1 saturated heterocycles. The van der Waals surface area contributed by atoms with Crippen molar-refractivity contribution in [1.82, 2.24) is 25.6 Å². The van der Waals surface area contributed by atoms with E-state index in [4.69, 9.17) is 4.42 Å². The van der Waals surface area contributed by atoms with Crippen LogP contribution in [0.1, 0.15) is 43.4 Å². The first kappa shape index (κ1) is 19.1. The number of carbonyl (C=O) groups is 2. The lowest BCUT2D eigenvalue weighted by Gasteiger charge is -2.35. The van der Waals surface area contributed by atoms with E-state index in [-0.39, 0.29) is 17.9 Å². The van der Waals surface area contributed by atoms with E-state index in [9.17, 15) is 9.59 Å². The lowest BCUT2D eigenvalue weighted by molar-refractivity contribution is -0.132.